The minimum Gasteiger partial charge on any atom is -0.325 e. The van der Waals surface area contributed by atoms with E-state index in [1.807, 2.05) is 0 Å². The molecule has 1 fully saturated rings. The molecule has 1 saturated heterocycles. The molecule has 0 aromatic carbocycles. The first-order valence-corrected chi connectivity index (χ1v) is 4.83. The van der Waals surface area contributed by atoms with Crippen molar-refractivity contribution in [3.05, 3.63) is 18.1 Å². The Morgan fingerprint density at radius 1 is 1.38 bits per heavy atom. The SMILES string of the molecule is NCc1cnc(N2CCC(=O)NC2=O)cn1. The zero-order valence-corrected chi connectivity index (χ0v) is 8.51. The van der Waals surface area contributed by atoms with Gasteiger partial charge in [-0.1, -0.05) is 0 Å². The Morgan fingerprint density at radius 3 is 2.75 bits per heavy atom. The number of rotatable bonds is 2. The molecule has 1 aliphatic rings. The van der Waals surface area contributed by atoms with Gasteiger partial charge in [0.1, 0.15) is 0 Å². The molecule has 1 aliphatic heterocycles. The van der Waals surface area contributed by atoms with E-state index in [-0.39, 0.29) is 12.3 Å². The Kier molecular flexibility index (Phi) is 2.78. The lowest BCUT2D eigenvalue weighted by atomic mass is 10.3. The van der Waals surface area contributed by atoms with Gasteiger partial charge in [-0.2, -0.15) is 0 Å². The number of anilines is 1. The van der Waals surface area contributed by atoms with Gasteiger partial charge in [0.2, 0.25) is 5.91 Å². The number of aromatic nitrogens is 2. The summed E-state index contributed by atoms with van der Waals surface area (Å²) in [6.45, 7) is 0.624. The van der Waals surface area contributed by atoms with E-state index in [4.69, 9.17) is 5.73 Å². The molecular weight excluding hydrogens is 210 g/mol. The molecule has 2 heterocycles. The predicted octanol–water partition coefficient (Wildman–Crippen LogP) is -0.618. The maximum absolute atomic E-state index is 11.5. The Morgan fingerprint density at radius 2 is 2.19 bits per heavy atom. The molecule has 3 N–H and O–H groups in total. The van der Waals surface area contributed by atoms with Crippen LogP contribution in [0.25, 0.3) is 0 Å². The van der Waals surface area contributed by atoms with Crippen molar-refractivity contribution in [2.45, 2.75) is 13.0 Å². The zero-order valence-electron chi connectivity index (χ0n) is 8.51. The van der Waals surface area contributed by atoms with Gasteiger partial charge in [0.05, 0.1) is 18.1 Å². The van der Waals surface area contributed by atoms with Crippen molar-refractivity contribution in [3.63, 3.8) is 0 Å². The average molecular weight is 221 g/mol. The van der Waals surface area contributed by atoms with Crippen LogP contribution in [-0.4, -0.2) is 28.5 Å². The number of nitrogens with zero attached hydrogens (tertiary/aromatic N) is 3. The third-order valence-electron chi connectivity index (χ3n) is 2.23. The Bertz CT molecular complexity index is 416. The number of urea groups is 1. The fourth-order valence-corrected chi connectivity index (χ4v) is 1.38. The predicted molar refractivity (Wildman–Crippen MR) is 55.4 cm³/mol. The minimum absolute atomic E-state index is 0.270. The van der Waals surface area contributed by atoms with Crippen molar-refractivity contribution in [1.82, 2.24) is 15.3 Å². The highest BCUT2D eigenvalue weighted by molar-refractivity contribution is 6.05. The minimum atomic E-state index is -0.467. The van der Waals surface area contributed by atoms with Crippen LogP contribution in [0.5, 0.6) is 0 Å². The summed E-state index contributed by atoms with van der Waals surface area (Å²) >= 11 is 0. The third-order valence-corrected chi connectivity index (χ3v) is 2.23. The first-order chi connectivity index (χ1) is 7.70. The summed E-state index contributed by atoms with van der Waals surface area (Å²) in [7, 11) is 0. The standard InChI is InChI=1S/C9H11N5O2/c10-3-6-4-12-7(5-11-6)14-2-1-8(15)13-9(14)16/h4-5H,1-3,10H2,(H,13,15,16). The number of amides is 3. The number of hydrogen-bond acceptors (Lipinski definition) is 5. The molecule has 1 aromatic heterocycles. The van der Waals surface area contributed by atoms with Crippen LogP contribution in [0.3, 0.4) is 0 Å². The van der Waals surface area contributed by atoms with Gasteiger partial charge in [0.15, 0.2) is 5.82 Å². The highest BCUT2D eigenvalue weighted by Crippen LogP contribution is 2.12. The second kappa shape index (κ2) is 4.23. The van der Waals surface area contributed by atoms with E-state index in [0.717, 1.165) is 0 Å². The second-order valence-corrected chi connectivity index (χ2v) is 3.33. The lowest BCUT2D eigenvalue weighted by Gasteiger charge is -2.25. The van der Waals surface area contributed by atoms with E-state index in [0.29, 0.717) is 24.6 Å². The van der Waals surface area contributed by atoms with E-state index in [1.54, 1.807) is 0 Å². The molecule has 0 bridgehead atoms. The highest BCUT2D eigenvalue weighted by Gasteiger charge is 2.25. The molecule has 0 aliphatic carbocycles. The summed E-state index contributed by atoms with van der Waals surface area (Å²) in [4.78, 5) is 31.9. The summed E-state index contributed by atoms with van der Waals surface area (Å²) in [5.74, 6) is 0.148. The van der Waals surface area contributed by atoms with Crippen molar-refractivity contribution in [1.29, 1.82) is 0 Å². The van der Waals surface area contributed by atoms with Crippen LogP contribution in [0.1, 0.15) is 12.1 Å². The van der Waals surface area contributed by atoms with Crippen LogP contribution < -0.4 is 16.0 Å². The summed E-state index contributed by atoms with van der Waals surface area (Å²) in [6.07, 6.45) is 3.25. The molecule has 3 amide bonds. The van der Waals surface area contributed by atoms with Crippen molar-refractivity contribution < 1.29 is 9.59 Å². The molecule has 2 rings (SSSR count). The maximum atomic E-state index is 11.5. The topological polar surface area (TPSA) is 101 Å². The zero-order chi connectivity index (χ0) is 11.5. The summed E-state index contributed by atoms with van der Waals surface area (Å²) in [6, 6.07) is -0.467. The van der Waals surface area contributed by atoms with Gasteiger partial charge in [0.25, 0.3) is 0 Å². The van der Waals surface area contributed by atoms with E-state index in [9.17, 15) is 9.59 Å². The van der Waals surface area contributed by atoms with E-state index < -0.39 is 6.03 Å². The lowest BCUT2D eigenvalue weighted by Crippen LogP contribution is -2.49. The fourth-order valence-electron chi connectivity index (χ4n) is 1.38. The molecule has 7 heteroatoms. The van der Waals surface area contributed by atoms with Crippen molar-refractivity contribution in [3.8, 4) is 0 Å². The van der Waals surface area contributed by atoms with Crippen LogP contribution in [0.15, 0.2) is 12.4 Å². The van der Waals surface area contributed by atoms with Crippen LogP contribution >= 0.6 is 0 Å². The Labute approximate surface area is 91.7 Å². The lowest BCUT2D eigenvalue weighted by molar-refractivity contribution is -0.120. The van der Waals surface area contributed by atoms with Crippen molar-refractivity contribution >= 4 is 17.8 Å². The third kappa shape index (κ3) is 1.98. The van der Waals surface area contributed by atoms with E-state index in [1.165, 1.54) is 17.3 Å². The Hall–Kier alpha value is -2.02. The van der Waals surface area contributed by atoms with Crippen LogP contribution in [0, 0.1) is 0 Å². The highest BCUT2D eigenvalue weighted by atomic mass is 16.2. The normalized spacial score (nSPS) is 16.2. The van der Waals surface area contributed by atoms with Gasteiger partial charge in [-0.3, -0.25) is 20.0 Å². The van der Waals surface area contributed by atoms with Crippen molar-refractivity contribution in [2.75, 3.05) is 11.4 Å². The smallest absolute Gasteiger partial charge is 0.325 e. The second-order valence-electron chi connectivity index (χ2n) is 3.33. The van der Waals surface area contributed by atoms with E-state index >= 15 is 0 Å². The first-order valence-electron chi connectivity index (χ1n) is 4.83. The molecule has 0 atom stereocenters. The Balaban J connectivity index is 2.17. The van der Waals surface area contributed by atoms with Crippen LogP contribution in [0.2, 0.25) is 0 Å². The molecule has 0 unspecified atom stereocenters. The maximum Gasteiger partial charge on any atom is 0.329 e. The largest absolute Gasteiger partial charge is 0.329 e. The monoisotopic (exact) mass is 221 g/mol. The van der Waals surface area contributed by atoms with Gasteiger partial charge in [0, 0.05) is 19.5 Å². The van der Waals surface area contributed by atoms with Crippen molar-refractivity contribution in [2.24, 2.45) is 5.73 Å². The summed E-state index contributed by atoms with van der Waals surface area (Å²) < 4.78 is 0. The van der Waals surface area contributed by atoms with Crippen LogP contribution in [0.4, 0.5) is 10.6 Å². The van der Waals surface area contributed by atoms with Gasteiger partial charge in [-0.15, -0.1) is 0 Å². The number of nitrogens with one attached hydrogen (secondary N) is 1. The quantitative estimate of drug-likeness (QED) is 0.693. The molecular formula is C9H11N5O2. The van der Waals surface area contributed by atoms with Gasteiger partial charge >= 0.3 is 6.03 Å². The van der Waals surface area contributed by atoms with Gasteiger partial charge in [-0.25, -0.2) is 9.78 Å². The number of carbonyl (C=O) groups excluding carboxylic acids is 2. The molecule has 84 valence electrons. The first kappa shape index (κ1) is 10.5. The number of imide groups is 1. The van der Waals surface area contributed by atoms with Crippen LogP contribution in [-0.2, 0) is 11.3 Å². The molecule has 0 radical (unpaired) electrons. The average Bonchev–Trinajstić information content (AvgIpc) is 2.29. The molecule has 1 aromatic rings. The molecule has 16 heavy (non-hydrogen) atoms. The fraction of sp³-hybridized carbons (Fsp3) is 0.333. The molecule has 7 nitrogen and oxygen atoms in total. The number of carbonyl (C=O) groups is 2. The number of hydrogen-bond donors (Lipinski definition) is 2. The molecule has 0 spiro atoms. The van der Waals surface area contributed by atoms with Gasteiger partial charge in [-0.05, 0) is 0 Å². The summed E-state index contributed by atoms with van der Waals surface area (Å²) in [5.41, 5.74) is 6.03. The summed E-state index contributed by atoms with van der Waals surface area (Å²) in [5, 5.41) is 2.21. The van der Waals surface area contributed by atoms with E-state index in [2.05, 4.69) is 15.3 Å². The van der Waals surface area contributed by atoms with Gasteiger partial charge < -0.3 is 5.73 Å². The number of nitrogens with two attached hydrogens (primary N) is 1. The molecule has 0 saturated carbocycles.